The molecule has 2 heteroatoms. The number of nitrogens with one attached hydrogen (secondary N) is 1. The molecule has 0 bridgehead atoms. The first-order valence-corrected chi connectivity index (χ1v) is 8.34. The molecule has 1 atom stereocenters. The first-order chi connectivity index (χ1) is 9.47. The van der Waals surface area contributed by atoms with Gasteiger partial charge in [-0.3, -0.25) is 0 Å². The summed E-state index contributed by atoms with van der Waals surface area (Å²) < 4.78 is 0. The summed E-state index contributed by atoms with van der Waals surface area (Å²) in [5.41, 5.74) is 1.49. The summed E-state index contributed by atoms with van der Waals surface area (Å²) in [6, 6.07) is 8.39. The minimum atomic E-state index is 0.161. The molecule has 1 aliphatic carbocycles. The van der Waals surface area contributed by atoms with Gasteiger partial charge in [-0.2, -0.15) is 0 Å². The molecule has 20 heavy (non-hydrogen) atoms. The van der Waals surface area contributed by atoms with E-state index >= 15 is 0 Å². The normalized spacial score (nSPS) is 19.0. The Bertz CT molecular complexity index is 416. The van der Waals surface area contributed by atoms with Gasteiger partial charge in [0.1, 0.15) is 0 Å². The lowest BCUT2D eigenvalue weighted by molar-refractivity contribution is 0.280. The van der Waals surface area contributed by atoms with Crippen LogP contribution in [-0.2, 0) is 0 Å². The Hall–Kier alpha value is -0.530. The molecule has 112 valence electrons. The molecular weight excluding hydrogens is 266 g/mol. The van der Waals surface area contributed by atoms with Gasteiger partial charge >= 0.3 is 0 Å². The Morgan fingerprint density at radius 3 is 2.40 bits per heavy atom. The topological polar surface area (TPSA) is 12.0 Å². The van der Waals surface area contributed by atoms with Crippen molar-refractivity contribution in [2.24, 2.45) is 5.92 Å². The summed E-state index contributed by atoms with van der Waals surface area (Å²) >= 11 is 6.46. The summed E-state index contributed by atoms with van der Waals surface area (Å²) in [4.78, 5) is 0. The van der Waals surface area contributed by atoms with Gasteiger partial charge in [0.25, 0.3) is 0 Å². The van der Waals surface area contributed by atoms with Gasteiger partial charge in [0.15, 0.2) is 0 Å². The molecule has 1 aromatic rings. The lowest BCUT2D eigenvalue weighted by Gasteiger charge is -2.34. The van der Waals surface area contributed by atoms with Crippen molar-refractivity contribution in [2.45, 2.75) is 64.3 Å². The van der Waals surface area contributed by atoms with Crippen LogP contribution < -0.4 is 5.32 Å². The van der Waals surface area contributed by atoms with Crippen LogP contribution in [0, 0.1) is 5.92 Å². The minimum absolute atomic E-state index is 0.161. The van der Waals surface area contributed by atoms with Crippen LogP contribution in [0.5, 0.6) is 0 Å². The lowest BCUT2D eigenvalue weighted by atomic mass is 9.76. The largest absolute Gasteiger partial charge is 0.311 e. The van der Waals surface area contributed by atoms with E-state index < -0.39 is 0 Å². The Labute approximate surface area is 129 Å². The maximum atomic E-state index is 6.46. The van der Waals surface area contributed by atoms with Crippen molar-refractivity contribution >= 4 is 11.6 Å². The molecule has 1 fully saturated rings. The zero-order chi connectivity index (χ0) is 14.6. The highest BCUT2D eigenvalue weighted by Gasteiger charge is 2.27. The third-order valence-corrected chi connectivity index (χ3v) is 4.72. The maximum absolute atomic E-state index is 6.46. The van der Waals surface area contributed by atoms with Gasteiger partial charge in [-0.25, -0.2) is 0 Å². The fourth-order valence-corrected chi connectivity index (χ4v) is 3.53. The fourth-order valence-electron chi connectivity index (χ4n) is 3.26. The molecule has 2 rings (SSSR count). The summed E-state index contributed by atoms with van der Waals surface area (Å²) in [6.45, 7) is 7.73. The van der Waals surface area contributed by atoms with Crippen molar-refractivity contribution in [3.05, 3.63) is 34.9 Å². The number of rotatable bonds is 4. The third-order valence-electron chi connectivity index (χ3n) is 4.38. The molecule has 1 aliphatic rings. The second-order valence-electron chi connectivity index (χ2n) is 7.16. The van der Waals surface area contributed by atoms with Gasteiger partial charge in [0, 0.05) is 23.0 Å². The molecule has 0 saturated heterocycles. The van der Waals surface area contributed by atoms with Crippen LogP contribution in [0.3, 0.4) is 0 Å². The highest BCUT2D eigenvalue weighted by molar-refractivity contribution is 6.31. The van der Waals surface area contributed by atoms with Crippen molar-refractivity contribution in [1.82, 2.24) is 5.32 Å². The van der Waals surface area contributed by atoms with Crippen LogP contribution >= 0.6 is 11.6 Å². The standard InChI is InChI=1S/C18H28ClN/c1-18(2,3)20-13-16(14-9-5-4-6-10-14)15-11-7-8-12-17(15)19/h7-8,11-12,14,16,20H,4-6,9-10,13H2,1-3H3. The van der Waals surface area contributed by atoms with Gasteiger partial charge in [-0.05, 0) is 51.2 Å². The molecule has 0 aromatic heterocycles. The van der Waals surface area contributed by atoms with Crippen molar-refractivity contribution in [2.75, 3.05) is 6.54 Å². The molecule has 0 amide bonds. The van der Waals surface area contributed by atoms with E-state index in [1.807, 2.05) is 12.1 Å². The van der Waals surface area contributed by atoms with E-state index in [1.54, 1.807) is 0 Å². The SMILES string of the molecule is CC(C)(C)NCC(c1ccccc1Cl)C1CCCCC1. The monoisotopic (exact) mass is 293 g/mol. The number of benzene rings is 1. The molecule has 0 radical (unpaired) electrons. The van der Waals surface area contributed by atoms with E-state index in [-0.39, 0.29) is 5.54 Å². The van der Waals surface area contributed by atoms with E-state index in [4.69, 9.17) is 11.6 Å². The van der Waals surface area contributed by atoms with Gasteiger partial charge < -0.3 is 5.32 Å². The molecule has 1 nitrogen and oxygen atoms in total. The van der Waals surface area contributed by atoms with E-state index in [0.29, 0.717) is 5.92 Å². The average Bonchev–Trinajstić information content (AvgIpc) is 2.41. The second kappa shape index (κ2) is 6.95. The molecular formula is C18H28ClN. The second-order valence-corrected chi connectivity index (χ2v) is 7.56. The van der Waals surface area contributed by atoms with Crippen LogP contribution in [0.1, 0.15) is 64.4 Å². The molecule has 0 aliphatic heterocycles. The summed E-state index contributed by atoms with van der Waals surface area (Å²) in [5, 5.41) is 4.62. The number of halogens is 1. The summed E-state index contributed by atoms with van der Waals surface area (Å²) in [5.74, 6) is 1.32. The van der Waals surface area contributed by atoms with Crippen molar-refractivity contribution in [3.8, 4) is 0 Å². The van der Waals surface area contributed by atoms with Crippen LogP contribution in [0.25, 0.3) is 0 Å². The van der Waals surface area contributed by atoms with Crippen LogP contribution in [-0.4, -0.2) is 12.1 Å². The molecule has 1 saturated carbocycles. The summed E-state index contributed by atoms with van der Waals surface area (Å²) in [7, 11) is 0. The highest BCUT2D eigenvalue weighted by Crippen LogP contribution is 2.38. The van der Waals surface area contributed by atoms with Gasteiger partial charge in [0.05, 0.1) is 0 Å². The Morgan fingerprint density at radius 1 is 1.15 bits per heavy atom. The predicted molar refractivity (Wildman–Crippen MR) is 88.5 cm³/mol. The Balaban J connectivity index is 2.17. The van der Waals surface area contributed by atoms with Gasteiger partial charge in [0.2, 0.25) is 0 Å². The maximum Gasteiger partial charge on any atom is 0.0441 e. The highest BCUT2D eigenvalue weighted by atomic mass is 35.5. The van der Waals surface area contributed by atoms with E-state index in [9.17, 15) is 0 Å². The van der Waals surface area contributed by atoms with Gasteiger partial charge in [-0.1, -0.05) is 49.1 Å². The number of hydrogen-bond acceptors (Lipinski definition) is 1. The van der Waals surface area contributed by atoms with Crippen molar-refractivity contribution < 1.29 is 0 Å². The summed E-state index contributed by atoms with van der Waals surface area (Å²) in [6.07, 6.45) is 6.85. The average molecular weight is 294 g/mol. The predicted octanol–water partition coefficient (Wildman–Crippen LogP) is 5.39. The first-order valence-electron chi connectivity index (χ1n) is 7.97. The molecule has 0 spiro atoms. The number of hydrogen-bond donors (Lipinski definition) is 1. The first kappa shape index (κ1) is 15.9. The van der Waals surface area contributed by atoms with Gasteiger partial charge in [-0.15, -0.1) is 0 Å². The van der Waals surface area contributed by atoms with Crippen LogP contribution in [0.4, 0.5) is 0 Å². The third kappa shape index (κ3) is 4.49. The fraction of sp³-hybridized carbons (Fsp3) is 0.667. The lowest BCUT2D eigenvalue weighted by Crippen LogP contribution is -2.40. The molecule has 0 heterocycles. The quantitative estimate of drug-likeness (QED) is 0.784. The van der Waals surface area contributed by atoms with E-state index in [0.717, 1.165) is 17.5 Å². The van der Waals surface area contributed by atoms with Crippen molar-refractivity contribution in [1.29, 1.82) is 0 Å². The Morgan fingerprint density at radius 2 is 1.80 bits per heavy atom. The minimum Gasteiger partial charge on any atom is -0.311 e. The van der Waals surface area contributed by atoms with E-state index in [1.165, 1.54) is 37.7 Å². The Kier molecular flexibility index (Phi) is 5.51. The molecule has 1 aromatic carbocycles. The van der Waals surface area contributed by atoms with Crippen LogP contribution in [0.15, 0.2) is 24.3 Å². The zero-order valence-corrected chi connectivity index (χ0v) is 13.8. The molecule has 1 unspecified atom stereocenters. The smallest absolute Gasteiger partial charge is 0.0441 e. The molecule has 1 N–H and O–H groups in total. The zero-order valence-electron chi connectivity index (χ0n) is 13.1. The van der Waals surface area contributed by atoms with E-state index in [2.05, 4.69) is 38.2 Å². The van der Waals surface area contributed by atoms with Crippen molar-refractivity contribution in [3.63, 3.8) is 0 Å². The van der Waals surface area contributed by atoms with Crippen LogP contribution in [0.2, 0.25) is 5.02 Å².